The minimum absolute atomic E-state index is 0.465. The van der Waals surface area contributed by atoms with Gasteiger partial charge in [0.05, 0.1) is 0 Å². The van der Waals surface area contributed by atoms with Crippen LogP contribution in [0.1, 0.15) is 25.7 Å². The molecule has 0 radical (unpaired) electrons. The lowest BCUT2D eigenvalue weighted by atomic mass is 9.80. The Balaban J connectivity index is 1.77. The van der Waals surface area contributed by atoms with Crippen LogP contribution in [0.2, 0.25) is 0 Å². The second-order valence-electron chi connectivity index (χ2n) is 5.05. The van der Waals surface area contributed by atoms with Crippen molar-refractivity contribution in [2.24, 2.45) is 0 Å². The molecule has 1 fully saturated rings. The SMILES string of the molecule is OB(O)c1cccc(OCCN2CCCCCC2)c1. The number of rotatable bonds is 5. The lowest BCUT2D eigenvalue weighted by Crippen LogP contribution is -2.30. The first-order valence-corrected chi connectivity index (χ1v) is 7.07. The highest BCUT2D eigenvalue weighted by molar-refractivity contribution is 6.58. The van der Waals surface area contributed by atoms with Crippen LogP contribution >= 0.6 is 0 Å². The third kappa shape index (κ3) is 4.86. The predicted octanol–water partition coefficient (Wildman–Crippen LogP) is 0.621. The average Bonchev–Trinajstić information content (AvgIpc) is 2.68. The lowest BCUT2D eigenvalue weighted by Gasteiger charge is -2.19. The molecule has 1 aromatic carbocycles. The van der Waals surface area contributed by atoms with Crippen LogP contribution in [-0.2, 0) is 0 Å². The van der Waals surface area contributed by atoms with E-state index in [0.29, 0.717) is 17.8 Å². The van der Waals surface area contributed by atoms with Gasteiger partial charge in [-0.3, -0.25) is 4.90 Å². The molecule has 19 heavy (non-hydrogen) atoms. The fraction of sp³-hybridized carbons (Fsp3) is 0.571. The van der Waals surface area contributed by atoms with Crippen LogP contribution in [-0.4, -0.2) is 48.3 Å². The van der Waals surface area contributed by atoms with E-state index in [1.165, 1.54) is 38.8 Å². The second kappa shape index (κ2) is 7.53. The molecule has 4 nitrogen and oxygen atoms in total. The van der Waals surface area contributed by atoms with Gasteiger partial charge in [-0.05, 0) is 43.5 Å². The van der Waals surface area contributed by atoms with E-state index in [-0.39, 0.29) is 0 Å². The smallest absolute Gasteiger partial charge is 0.488 e. The van der Waals surface area contributed by atoms with E-state index in [9.17, 15) is 0 Å². The van der Waals surface area contributed by atoms with Crippen LogP contribution in [0.5, 0.6) is 5.75 Å². The van der Waals surface area contributed by atoms with E-state index in [4.69, 9.17) is 14.8 Å². The number of likely N-dealkylation sites (tertiary alicyclic amines) is 1. The van der Waals surface area contributed by atoms with Crippen LogP contribution in [0, 0.1) is 0 Å². The van der Waals surface area contributed by atoms with E-state index >= 15 is 0 Å². The molecule has 0 aliphatic carbocycles. The Morgan fingerprint density at radius 1 is 1.11 bits per heavy atom. The van der Waals surface area contributed by atoms with E-state index in [0.717, 1.165) is 6.54 Å². The molecule has 0 bridgehead atoms. The van der Waals surface area contributed by atoms with Gasteiger partial charge in [-0.2, -0.15) is 0 Å². The monoisotopic (exact) mass is 263 g/mol. The maximum Gasteiger partial charge on any atom is 0.488 e. The number of hydrogen-bond donors (Lipinski definition) is 2. The van der Waals surface area contributed by atoms with Gasteiger partial charge >= 0.3 is 7.12 Å². The van der Waals surface area contributed by atoms with Crippen molar-refractivity contribution < 1.29 is 14.8 Å². The number of nitrogens with zero attached hydrogens (tertiary/aromatic N) is 1. The quantitative estimate of drug-likeness (QED) is 0.765. The predicted molar refractivity (Wildman–Crippen MR) is 76.7 cm³/mol. The fourth-order valence-corrected chi connectivity index (χ4v) is 2.42. The Morgan fingerprint density at radius 3 is 2.53 bits per heavy atom. The molecule has 1 aliphatic rings. The molecule has 1 heterocycles. The Kier molecular flexibility index (Phi) is 5.70. The summed E-state index contributed by atoms with van der Waals surface area (Å²) in [6.45, 7) is 3.91. The highest BCUT2D eigenvalue weighted by atomic mass is 16.5. The summed E-state index contributed by atoms with van der Waals surface area (Å²) >= 11 is 0. The molecule has 0 unspecified atom stereocenters. The summed E-state index contributed by atoms with van der Waals surface area (Å²) in [5.41, 5.74) is 0.465. The third-order valence-corrected chi connectivity index (χ3v) is 3.53. The van der Waals surface area contributed by atoms with Crippen LogP contribution < -0.4 is 10.2 Å². The van der Waals surface area contributed by atoms with Gasteiger partial charge in [0.2, 0.25) is 0 Å². The van der Waals surface area contributed by atoms with E-state index in [2.05, 4.69) is 4.90 Å². The van der Waals surface area contributed by atoms with Crippen LogP contribution in [0.4, 0.5) is 0 Å². The van der Waals surface area contributed by atoms with Gasteiger partial charge in [0.15, 0.2) is 0 Å². The normalized spacial score (nSPS) is 16.9. The summed E-state index contributed by atoms with van der Waals surface area (Å²) in [7, 11) is -1.44. The molecule has 0 aromatic heterocycles. The zero-order valence-corrected chi connectivity index (χ0v) is 11.3. The van der Waals surface area contributed by atoms with Gasteiger partial charge in [0.1, 0.15) is 12.4 Å². The Hall–Kier alpha value is -1.04. The summed E-state index contributed by atoms with van der Waals surface area (Å²) in [4.78, 5) is 2.44. The summed E-state index contributed by atoms with van der Waals surface area (Å²) in [6, 6.07) is 6.96. The minimum atomic E-state index is -1.44. The number of ether oxygens (including phenoxy) is 1. The summed E-state index contributed by atoms with van der Waals surface area (Å²) < 4.78 is 5.68. The molecule has 104 valence electrons. The van der Waals surface area contributed by atoms with Crippen LogP contribution in [0.25, 0.3) is 0 Å². The fourth-order valence-electron chi connectivity index (χ4n) is 2.42. The first-order valence-electron chi connectivity index (χ1n) is 7.07. The van der Waals surface area contributed by atoms with E-state index in [1.807, 2.05) is 6.07 Å². The molecular formula is C14H22BNO3. The van der Waals surface area contributed by atoms with Crippen molar-refractivity contribution >= 4 is 12.6 Å². The van der Waals surface area contributed by atoms with Gasteiger partial charge in [-0.1, -0.05) is 25.0 Å². The first-order chi connectivity index (χ1) is 9.25. The number of benzene rings is 1. The van der Waals surface area contributed by atoms with Crippen molar-refractivity contribution in [3.8, 4) is 5.75 Å². The van der Waals surface area contributed by atoms with Gasteiger partial charge < -0.3 is 14.8 Å². The largest absolute Gasteiger partial charge is 0.492 e. The van der Waals surface area contributed by atoms with Gasteiger partial charge in [-0.15, -0.1) is 0 Å². The molecule has 5 heteroatoms. The maximum absolute atomic E-state index is 9.10. The second-order valence-corrected chi connectivity index (χ2v) is 5.05. The van der Waals surface area contributed by atoms with Crippen molar-refractivity contribution in [1.82, 2.24) is 4.90 Å². The molecule has 1 aromatic rings. The van der Waals surface area contributed by atoms with Crippen molar-refractivity contribution in [2.75, 3.05) is 26.2 Å². The van der Waals surface area contributed by atoms with Gasteiger partial charge in [0.25, 0.3) is 0 Å². The number of hydrogen-bond acceptors (Lipinski definition) is 4. The third-order valence-electron chi connectivity index (χ3n) is 3.53. The molecule has 2 N–H and O–H groups in total. The molecule has 0 saturated carbocycles. The van der Waals surface area contributed by atoms with Crippen molar-refractivity contribution in [3.05, 3.63) is 24.3 Å². The van der Waals surface area contributed by atoms with E-state index in [1.54, 1.807) is 18.2 Å². The lowest BCUT2D eigenvalue weighted by molar-refractivity contribution is 0.214. The first kappa shape index (κ1) is 14.4. The summed E-state index contributed by atoms with van der Waals surface area (Å²) in [6.07, 6.45) is 5.25. The molecule has 0 amide bonds. The van der Waals surface area contributed by atoms with Crippen molar-refractivity contribution in [3.63, 3.8) is 0 Å². The highest BCUT2D eigenvalue weighted by Gasteiger charge is 2.12. The molecule has 2 rings (SSSR count). The highest BCUT2D eigenvalue weighted by Crippen LogP contribution is 2.10. The van der Waals surface area contributed by atoms with Crippen LogP contribution in [0.15, 0.2) is 24.3 Å². The van der Waals surface area contributed by atoms with Gasteiger partial charge in [0, 0.05) is 6.54 Å². The summed E-state index contributed by atoms with van der Waals surface area (Å²) in [5, 5.41) is 18.2. The topological polar surface area (TPSA) is 52.9 Å². The zero-order chi connectivity index (χ0) is 13.5. The molecule has 1 saturated heterocycles. The standard InChI is InChI=1S/C14H22BNO3/c17-15(18)13-6-5-7-14(12-13)19-11-10-16-8-3-1-2-4-9-16/h5-7,12,17-18H,1-4,8-11H2. The Morgan fingerprint density at radius 2 is 1.84 bits per heavy atom. The Labute approximate surface area is 115 Å². The minimum Gasteiger partial charge on any atom is -0.492 e. The van der Waals surface area contributed by atoms with Crippen LogP contribution in [0.3, 0.4) is 0 Å². The van der Waals surface area contributed by atoms with E-state index < -0.39 is 7.12 Å². The average molecular weight is 263 g/mol. The molecular weight excluding hydrogens is 241 g/mol. The molecule has 0 spiro atoms. The Bertz CT molecular complexity index is 379. The molecule has 1 aliphatic heterocycles. The maximum atomic E-state index is 9.10. The van der Waals surface area contributed by atoms with Crippen molar-refractivity contribution in [1.29, 1.82) is 0 Å². The molecule has 0 atom stereocenters. The summed E-state index contributed by atoms with van der Waals surface area (Å²) in [5.74, 6) is 0.695. The zero-order valence-electron chi connectivity index (χ0n) is 11.3. The van der Waals surface area contributed by atoms with Crippen molar-refractivity contribution in [2.45, 2.75) is 25.7 Å². The van der Waals surface area contributed by atoms with Gasteiger partial charge in [-0.25, -0.2) is 0 Å².